The number of nitrogens with zero attached hydrogens (tertiary/aromatic N) is 4. The molecule has 1 aromatic heterocycles. The molecule has 2 aliphatic heterocycles. The number of morpholine rings is 1. The van der Waals surface area contributed by atoms with Gasteiger partial charge in [-0.2, -0.15) is 4.98 Å². The van der Waals surface area contributed by atoms with E-state index in [-0.39, 0.29) is 11.8 Å². The highest BCUT2D eigenvalue weighted by atomic mass is 16.5. The van der Waals surface area contributed by atoms with Crippen LogP contribution in [0.25, 0.3) is 0 Å². The molecule has 218 valence electrons. The van der Waals surface area contributed by atoms with Crippen LogP contribution in [-0.4, -0.2) is 76.6 Å². The second-order valence-electron chi connectivity index (χ2n) is 10.0. The van der Waals surface area contributed by atoms with Crippen molar-refractivity contribution in [3.63, 3.8) is 0 Å². The van der Waals surface area contributed by atoms with Gasteiger partial charge in [-0.3, -0.25) is 4.79 Å². The first-order valence-corrected chi connectivity index (χ1v) is 13.9. The molecule has 41 heavy (non-hydrogen) atoms. The van der Waals surface area contributed by atoms with Gasteiger partial charge in [0.2, 0.25) is 17.6 Å². The van der Waals surface area contributed by atoms with Crippen molar-refractivity contribution in [1.82, 2.24) is 15.3 Å². The maximum absolute atomic E-state index is 13.1. The van der Waals surface area contributed by atoms with E-state index >= 15 is 0 Å². The van der Waals surface area contributed by atoms with Crippen molar-refractivity contribution in [3.8, 4) is 17.2 Å². The highest BCUT2D eigenvalue weighted by molar-refractivity contribution is 5.79. The van der Waals surface area contributed by atoms with Crippen molar-refractivity contribution in [2.75, 3.05) is 75.8 Å². The molecule has 0 saturated carbocycles. The number of carbonyl (C=O) groups is 1. The van der Waals surface area contributed by atoms with Crippen molar-refractivity contribution < 1.29 is 23.7 Å². The Morgan fingerprint density at radius 1 is 0.976 bits per heavy atom. The summed E-state index contributed by atoms with van der Waals surface area (Å²) in [6.45, 7) is 5.27. The molecular formula is C30H38N6O5. The zero-order chi connectivity index (χ0) is 28.6. The van der Waals surface area contributed by atoms with E-state index in [0.29, 0.717) is 42.0 Å². The largest absolute Gasteiger partial charge is 0.493 e. The predicted octanol–water partition coefficient (Wildman–Crippen LogP) is 3.62. The standard InChI is InChI=1S/C30H38N6O5/c1-38-25-17-23(18-26(39-2)28(25)40-3)33-30-31-11-10-27(34-30)36-12-4-5-22(20-36)29(37)32-19-21-6-8-24(9-7-21)35-13-15-41-16-14-35/h6-11,17-18,22H,4-5,12-16,19-20H2,1-3H3,(H,32,37)(H,31,33,34). The summed E-state index contributed by atoms with van der Waals surface area (Å²) in [5.74, 6) is 2.73. The molecule has 3 aromatic rings. The number of amides is 1. The van der Waals surface area contributed by atoms with E-state index < -0.39 is 0 Å². The molecule has 0 aliphatic carbocycles. The monoisotopic (exact) mass is 562 g/mol. The van der Waals surface area contributed by atoms with Crippen LogP contribution in [0.15, 0.2) is 48.7 Å². The number of methoxy groups -OCH3 is 3. The Balaban J connectivity index is 1.18. The van der Waals surface area contributed by atoms with Crippen LogP contribution in [0, 0.1) is 5.92 Å². The number of rotatable bonds is 10. The van der Waals surface area contributed by atoms with E-state index in [1.165, 1.54) is 5.69 Å². The van der Waals surface area contributed by atoms with Gasteiger partial charge >= 0.3 is 0 Å². The van der Waals surface area contributed by atoms with Gasteiger partial charge < -0.3 is 39.4 Å². The maximum Gasteiger partial charge on any atom is 0.229 e. The Labute approximate surface area is 240 Å². The summed E-state index contributed by atoms with van der Waals surface area (Å²) in [4.78, 5) is 26.7. The lowest BCUT2D eigenvalue weighted by molar-refractivity contribution is -0.125. The first-order valence-electron chi connectivity index (χ1n) is 13.9. The van der Waals surface area contributed by atoms with Crippen LogP contribution < -0.4 is 34.6 Å². The molecule has 2 N–H and O–H groups in total. The zero-order valence-electron chi connectivity index (χ0n) is 23.9. The van der Waals surface area contributed by atoms with Gasteiger partial charge in [0.05, 0.1) is 40.5 Å². The predicted molar refractivity (Wildman–Crippen MR) is 158 cm³/mol. The van der Waals surface area contributed by atoms with Crippen molar-refractivity contribution in [2.24, 2.45) is 5.92 Å². The smallest absolute Gasteiger partial charge is 0.229 e. The lowest BCUT2D eigenvalue weighted by Gasteiger charge is -2.33. The van der Waals surface area contributed by atoms with E-state index in [9.17, 15) is 4.79 Å². The Morgan fingerprint density at radius 3 is 2.39 bits per heavy atom. The summed E-state index contributed by atoms with van der Waals surface area (Å²) in [6, 6.07) is 13.9. The Morgan fingerprint density at radius 2 is 1.71 bits per heavy atom. The average Bonchev–Trinajstić information content (AvgIpc) is 3.04. The number of aromatic nitrogens is 2. The van der Waals surface area contributed by atoms with E-state index in [0.717, 1.165) is 57.1 Å². The third-order valence-corrected chi connectivity index (χ3v) is 7.46. The van der Waals surface area contributed by atoms with Gasteiger partial charge in [0.25, 0.3) is 0 Å². The Bertz CT molecular complexity index is 1290. The molecule has 2 saturated heterocycles. The first kappa shape index (κ1) is 28.3. The molecule has 1 amide bonds. The zero-order valence-corrected chi connectivity index (χ0v) is 23.9. The molecule has 5 rings (SSSR count). The second-order valence-corrected chi connectivity index (χ2v) is 10.0. The minimum Gasteiger partial charge on any atom is -0.493 e. The van der Waals surface area contributed by atoms with Gasteiger partial charge in [0.1, 0.15) is 5.82 Å². The summed E-state index contributed by atoms with van der Waals surface area (Å²) in [5, 5.41) is 6.36. The molecule has 0 radical (unpaired) electrons. The van der Waals surface area contributed by atoms with Crippen LogP contribution in [0.2, 0.25) is 0 Å². The molecular weight excluding hydrogens is 524 g/mol. The number of anilines is 4. The minimum atomic E-state index is -0.113. The molecule has 1 atom stereocenters. The van der Waals surface area contributed by atoms with Gasteiger partial charge in [-0.25, -0.2) is 4.98 Å². The number of hydrogen-bond acceptors (Lipinski definition) is 10. The third kappa shape index (κ3) is 6.91. The fourth-order valence-corrected chi connectivity index (χ4v) is 5.25. The average molecular weight is 563 g/mol. The fraction of sp³-hybridized carbons (Fsp3) is 0.433. The quantitative estimate of drug-likeness (QED) is 0.380. The molecule has 11 nitrogen and oxygen atoms in total. The molecule has 1 unspecified atom stereocenters. The number of benzene rings is 2. The Hall–Kier alpha value is -4.25. The van der Waals surface area contributed by atoms with Crippen LogP contribution in [0.4, 0.5) is 23.1 Å². The van der Waals surface area contributed by atoms with E-state index in [1.807, 2.05) is 6.07 Å². The van der Waals surface area contributed by atoms with Crippen molar-refractivity contribution in [2.45, 2.75) is 19.4 Å². The molecule has 0 spiro atoms. The van der Waals surface area contributed by atoms with Crippen molar-refractivity contribution in [1.29, 1.82) is 0 Å². The normalized spacial score (nSPS) is 17.1. The summed E-state index contributed by atoms with van der Waals surface area (Å²) in [7, 11) is 4.71. The fourth-order valence-electron chi connectivity index (χ4n) is 5.25. The van der Waals surface area contributed by atoms with Crippen LogP contribution in [0.1, 0.15) is 18.4 Å². The van der Waals surface area contributed by atoms with Crippen molar-refractivity contribution >= 4 is 29.0 Å². The van der Waals surface area contributed by atoms with Gasteiger partial charge in [-0.1, -0.05) is 12.1 Å². The maximum atomic E-state index is 13.1. The summed E-state index contributed by atoms with van der Waals surface area (Å²) >= 11 is 0. The molecule has 0 bridgehead atoms. The molecule has 2 aromatic carbocycles. The minimum absolute atomic E-state index is 0.0665. The highest BCUT2D eigenvalue weighted by Gasteiger charge is 2.27. The van der Waals surface area contributed by atoms with Crippen LogP contribution in [0.3, 0.4) is 0 Å². The molecule has 11 heteroatoms. The van der Waals surface area contributed by atoms with E-state index in [2.05, 4.69) is 49.7 Å². The number of ether oxygens (including phenoxy) is 4. The molecule has 2 aliphatic rings. The Kier molecular flexibility index (Phi) is 9.25. The van der Waals surface area contributed by atoms with Crippen LogP contribution in [-0.2, 0) is 16.1 Å². The van der Waals surface area contributed by atoms with Crippen molar-refractivity contribution in [3.05, 3.63) is 54.2 Å². The van der Waals surface area contributed by atoms with Crippen LogP contribution in [0.5, 0.6) is 17.2 Å². The first-order chi connectivity index (χ1) is 20.1. The number of piperidine rings is 1. The lowest BCUT2D eigenvalue weighted by atomic mass is 9.97. The number of carbonyl (C=O) groups excluding carboxylic acids is 1. The topological polar surface area (TPSA) is 110 Å². The van der Waals surface area contributed by atoms with Gasteiger partial charge in [0, 0.05) is 62.4 Å². The highest BCUT2D eigenvalue weighted by Crippen LogP contribution is 2.40. The summed E-state index contributed by atoms with van der Waals surface area (Å²) in [5.41, 5.74) is 2.97. The lowest BCUT2D eigenvalue weighted by Crippen LogP contribution is -2.43. The van der Waals surface area contributed by atoms with Gasteiger partial charge in [-0.05, 0) is 36.6 Å². The molecule has 3 heterocycles. The number of nitrogens with one attached hydrogen (secondary N) is 2. The molecule has 2 fully saturated rings. The summed E-state index contributed by atoms with van der Waals surface area (Å²) < 4.78 is 21.7. The number of hydrogen-bond donors (Lipinski definition) is 2. The summed E-state index contributed by atoms with van der Waals surface area (Å²) in [6.07, 6.45) is 3.47. The van der Waals surface area contributed by atoms with E-state index in [1.54, 1.807) is 39.7 Å². The van der Waals surface area contributed by atoms with Gasteiger partial charge in [-0.15, -0.1) is 0 Å². The second kappa shape index (κ2) is 13.4. The van der Waals surface area contributed by atoms with Gasteiger partial charge in [0.15, 0.2) is 11.5 Å². The SMILES string of the molecule is COc1cc(Nc2nccc(N3CCCC(C(=O)NCc4ccc(N5CCOCC5)cc4)C3)n2)cc(OC)c1OC. The van der Waals surface area contributed by atoms with Crippen LogP contribution >= 0.6 is 0 Å². The van der Waals surface area contributed by atoms with E-state index in [4.69, 9.17) is 23.9 Å². The third-order valence-electron chi connectivity index (χ3n) is 7.46.